The quantitative estimate of drug-likeness (QED) is 0.386. The van der Waals surface area contributed by atoms with E-state index >= 15 is 0 Å². The fraction of sp³-hybridized carbons (Fsp3) is 0.0909. The van der Waals surface area contributed by atoms with Gasteiger partial charge in [0.05, 0.1) is 6.42 Å². The van der Waals surface area contributed by atoms with E-state index in [1.165, 1.54) is 11.8 Å². The maximum atomic E-state index is 6.00. The van der Waals surface area contributed by atoms with Crippen molar-refractivity contribution < 1.29 is 9.15 Å². The molecular formula is C22H18N2O2S. The van der Waals surface area contributed by atoms with Crippen LogP contribution in [0, 0.1) is 0 Å². The number of aromatic nitrogens is 2. The van der Waals surface area contributed by atoms with Gasteiger partial charge in [0.15, 0.2) is 0 Å². The van der Waals surface area contributed by atoms with Gasteiger partial charge in [-0.2, -0.15) is 0 Å². The topological polar surface area (TPSA) is 48.2 Å². The van der Waals surface area contributed by atoms with Gasteiger partial charge in [-0.1, -0.05) is 78.5 Å². The van der Waals surface area contributed by atoms with Crippen LogP contribution in [0.4, 0.5) is 0 Å². The van der Waals surface area contributed by atoms with E-state index in [0.29, 0.717) is 23.3 Å². The van der Waals surface area contributed by atoms with Gasteiger partial charge in [-0.25, -0.2) is 0 Å². The van der Waals surface area contributed by atoms with Gasteiger partial charge >= 0.3 is 0 Å². The average Bonchev–Trinajstić information content (AvgIpc) is 3.16. The Hall–Kier alpha value is -3.05. The number of benzene rings is 3. The van der Waals surface area contributed by atoms with Gasteiger partial charge < -0.3 is 9.15 Å². The molecule has 0 N–H and O–H groups in total. The minimum Gasteiger partial charge on any atom is -0.457 e. The van der Waals surface area contributed by atoms with Crippen LogP contribution in [0.1, 0.15) is 17.0 Å². The van der Waals surface area contributed by atoms with Gasteiger partial charge in [0.25, 0.3) is 5.22 Å². The van der Waals surface area contributed by atoms with Crippen molar-refractivity contribution in [3.8, 4) is 11.5 Å². The summed E-state index contributed by atoms with van der Waals surface area (Å²) in [6.07, 6.45) is 0.641. The van der Waals surface area contributed by atoms with Crippen LogP contribution in [0.3, 0.4) is 0 Å². The summed E-state index contributed by atoms with van der Waals surface area (Å²) in [6.45, 7) is 0. The second-order valence-electron chi connectivity index (χ2n) is 5.94. The van der Waals surface area contributed by atoms with Crippen molar-refractivity contribution >= 4 is 11.8 Å². The number of para-hydroxylation sites is 2. The molecular weight excluding hydrogens is 356 g/mol. The molecule has 0 aliphatic carbocycles. The maximum absolute atomic E-state index is 6.00. The molecule has 0 spiro atoms. The van der Waals surface area contributed by atoms with Gasteiger partial charge in [-0.15, -0.1) is 10.2 Å². The monoisotopic (exact) mass is 374 g/mol. The molecule has 0 radical (unpaired) electrons. The normalized spacial score (nSPS) is 10.7. The number of hydrogen-bond acceptors (Lipinski definition) is 5. The Labute approximate surface area is 162 Å². The molecule has 0 saturated heterocycles. The highest BCUT2D eigenvalue weighted by atomic mass is 32.2. The molecule has 0 bridgehead atoms. The average molecular weight is 374 g/mol. The lowest BCUT2D eigenvalue weighted by Gasteiger charge is -2.10. The fourth-order valence-corrected chi connectivity index (χ4v) is 3.39. The van der Waals surface area contributed by atoms with E-state index in [2.05, 4.69) is 10.2 Å². The predicted octanol–water partition coefficient (Wildman–Crippen LogP) is 5.75. The smallest absolute Gasteiger partial charge is 0.276 e. The first-order valence-corrected chi connectivity index (χ1v) is 9.65. The molecule has 3 aromatic carbocycles. The third kappa shape index (κ3) is 4.77. The van der Waals surface area contributed by atoms with Crippen LogP contribution in [0.2, 0.25) is 0 Å². The lowest BCUT2D eigenvalue weighted by atomic mass is 10.2. The molecule has 1 aromatic heterocycles. The van der Waals surface area contributed by atoms with Crippen LogP contribution in [-0.2, 0) is 12.2 Å². The van der Waals surface area contributed by atoms with Crippen LogP contribution < -0.4 is 4.74 Å². The van der Waals surface area contributed by atoms with Crippen molar-refractivity contribution in [3.05, 3.63) is 102 Å². The zero-order chi connectivity index (χ0) is 18.3. The maximum Gasteiger partial charge on any atom is 0.276 e. The summed E-state index contributed by atoms with van der Waals surface area (Å²) in [5, 5.41) is 8.86. The SMILES string of the molecule is c1ccc(Cc2nnc(SCc3ccccc3Oc3ccccc3)o2)cc1. The van der Waals surface area contributed by atoms with Crippen molar-refractivity contribution in [2.75, 3.05) is 0 Å². The van der Waals surface area contributed by atoms with Crippen molar-refractivity contribution in [2.45, 2.75) is 17.4 Å². The Kier molecular flexibility index (Phi) is 5.50. The van der Waals surface area contributed by atoms with E-state index in [1.807, 2.05) is 84.9 Å². The standard InChI is InChI=1S/C22H18N2O2S/c1-3-9-17(10-4-1)15-21-23-24-22(26-21)27-16-18-11-7-8-14-20(18)25-19-12-5-2-6-13-19/h1-14H,15-16H2. The molecule has 0 aliphatic rings. The van der Waals surface area contributed by atoms with Crippen molar-refractivity contribution in [2.24, 2.45) is 0 Å². The second kappa shape index (κ2) is 8.56. The molecule has 134 valence electrons. The molecule has 0 aliphatic heterocycles. The molecule has 0 atom stereocenters. The van der Waals surface area contributed by atoms with Gasteiger partial charge in [-0.05, 0) is 23.8 Å². The molecule has 0 amide bonds. The molecule has 5 heteroatoms. The number of nitrogens with zero attached hydrogens (tertiary/aromatic N) is 2. The molecule has 4 nitrogen and oxygen atoms in total. The summed E-state index contributed by atoms with van der Waals surface area (Å²) in [4.78, 5) is 0. The third-order valence-electron chi connectivity index (χ3n) is 3.94. The van der Waals surface area contributed by atoms with Crippen LogP contribution in [-0.4, -0.2) is 10.2 Å². The van der Waals surface area contributed by atoms with Gasteiger partial charge in [0.2, 0.25) is 5.89 Å². The highest BCUT2D eigenvalue weighted by Crippen LogP contribution is 2.30. The Bertz CT molecular complexity index is 987. The minimum atomic E-state index is 0.565. The summed E-state index contributed by atoms with van der Waals surface area (Å²) in [5.41, 5.74) is 2.23. The van der Waals surface area contributed by atoms with Gasteiger partial charge in [0.1, 0.15) is 11.5 Å². The molecule has 4 aromatic rings. The zero-order valence-corrected chi connectivity index (χ0v) is 15.4. The first-order chi connectivity index (χ1) is 13.4. The fourth-order valence-electron chi connectivity index (χ4n) is 2.62. The summed E-state index contributed by atoms with van der Waals surface area (Å²) in [5.74, 6) is 2.96. The molecule has 27 heavy (non-hydrogen) atoms. The Morgan fingerprint density at radius 1 is 0.778 bits per heavy atom. The van der Waals surface area contributed by atoms with Gasteiger partial charge in [0, 0.05) is 11.3 Å². The summed E-state index contributed by atoms with van der Waals surface area (Å²) >= 11 is 1.51. The third-order valence-corrected chi connectivity index (χ3v) is 4.81. The highest BCUT2D eigenvalue weighted by Gasteiger charge is 2.10. The summed E-state index contributed by atoms with van der Waals surface area (Å²) in [7, 11) is 0. The van der Waals surface area contributed by atoms with E-state index in [0.717, 1.165) is 22.6 Å². The van der Waals surface area contributed by atoms with Crippen molar-refractivity contribution in [3.63, 3.8) is 0 Å². The first kappa shape index (κ1) is 17.4. The second-order valence-corrected chi connectivity index (χ2v) is 6.86. The number of thioether (sulfide) groups is 1. The van der Waals surface area contributed by atoms with Crippen molar-refractivity contribution in [1.29, 1.82) is 0 Å². The molecule has 1 heterocycles. The molecule has 0 saturated carbocycles. The Morgan fingerprint density at radius 2 is 1.48 bits per heavy atom. The number of ether oxygens (including phenoxy) is 1. The van der Waals surface area contributed by atoms with E-state index in [4.69, 9.17) is 9.15 Å². The van der Waals surface area contributed by atoms with Crippen LogP contribution >= 0.6 is 11.8 Å². The highest BCUT2D eigenvalue weighted by molar-refractivity contribution is 7.98. The van der Waals surface area contributed by atoms with E-state index < -0.39 is 0 Å². The van der Waals surface area contributed by atoms with E-state index in [9.17, 15) is 0 Å². The minimum absolute atomic E-state index is 0.565. The predicted molar refractivity (Wildman–Crippen MR) is 106 cm³/mol. The lowest BCUT2D eigenvalue weighted by molar-refractivity contribution is 0.420. The number of rotatable bonds is 7. The summed E-state index contributed by atoms with van der Waals surface area (Å²) in [6, 6.07) is 27.9. The zero-order valence-electron chi connectivity index (χ0n) is 14.6. The lowest BCUT2D eigenvalue weighted by Crippen LogP contribution is -1.90. The van der Waals surface area contributed by atoms with Crippen LogP contribution in [0.15, 0.2) is 94.6 Å². The largest absolute Gasteiger partial charge is 0.457 e. The van der Waals surface area contributed by atoms with Gasteiger partial charge in [-0.3, -0.25) is 0 Å². The van der Waals surface area contributed by atoms with Crippen LogP contribution in [0.5, 0.6) is 11.5 Å². The number of hydrogen-bond donors (Lipinski definition) is 0. The molecule has 0 unspecified atom stereocenters. The molecule has 4 rings (SSSR count). The Morgan fingerprint density at radius 3 is 2.30 bits per heavy atom. The summed E-state index contributed by atoms with van der Waals surface area (Å²) < 4.78 is 11.8. The van der Waals surface area contributed by atoms with E-state index in [1.54, 1.807) is 0 Å². The van der Waals surface area contributed by atoms with Crippen molar-refractivity contribution in [1.82, 2.24) is 10.2 Å². The Balaban J connectivity index is 1.41. The van der Waals surface area contributed by atoms with E-state index in [-0.39, 0.29) is 0 Å². The first-order valence-electron chi connectivity index (χ1n) is 8.67. The molecule has 0 fully saturated rings. The van der Waals surface area contributed by atoms with Crippen LogP contribution in [0.25, 0.3) is 0 Å².